The van der Waals surface area contributed by atoms with Gasteiger partial charge >= 0.3 is 6.18 Å². The minimum atomic E-state index is -4.42. The summed E-state index contributed by atoms with van der Waals surface area (Å²) in [6, 6.07) is 3.72. The van der Waals surface area contributed by atoms with Crippen LogP contribution in [0.25, 0.3) is 0 Å². The second kappa shape index (κ2) is 5.92. The molecule has 106 valence electrons. The number of hydrogen-bond donors (Lipinski definition) is 1. The second-order valence-electron chi connectivity index (χ2n) is 3.89. The zero-order valence-corrected chi connectivity index (χ0v) is 12.6. The van der Waals surface area contributed by atoms with Crippen molar-refractivity contribution in [1.82, 2.24) is 4.98 Å². The van der Waals surface area contributed by atoms with E-state index in [9.17, 15) is 13.2 Å². The molecule has 0 spiro atoms. The third kappa shape index (κ3) is 3.80. The Hall–Kier alpha value is -1.41. The molecule has 0 aliphatic rings. The number of hydrogen-bond acceptors (Lipinski definition) is 4. The van der Waals surface area contributed by atoms with Gasteiger partial charge in [-0.05, 0) is 25.1 Å². The maximum atomic E-state index is 12.8. The van der Waals surface area contributed by atoms with Crippen LogP contribution in [-0.4, -0.2) is 11.2 Å². The molecule has 2 rings (SSSR count). The van der Waals surface area contributed by atoms with Gasteiger partial charge in [-0.15, -0.1) is 11.3 Å². The number of nitrogens with zero attached hydrogens (tertiary/aromatic N) is 2. The topological polar surface area (TPSA) is 37.3 Å². The first-order valence-corrected chi connectivity index (χ1v) is 7.11. The molecule has 3 nitrogen and oxygen atoms in total. The van der Waals surface area contributed by atoms with E-state index in [1.54, 1.807) is 0 Å². The van der Waals surface area contributed by atoms with Gasteiger partial charge in [0.25, 0.3) is 0 Å². The fourth-order valence-electron chi connectivity index (χ4n) is 1.46. The molecule has 2 aromatic rings. The van der Waals surface area contributed by atoms with Gasteiger partial charge in [0, 0.05) is 15.4 Å². The summed E-state index contributed by atoms with van der Waals surface area (Å²) in [6.07, 6.45) is -3.29. The fraction of sp³-hybridized carbons (Fsp3) is 0.167. The number of thiazole rings is 1. The number of alkyl halides is 3. The highest BCUT2D eigenvalue weighted by atomic mass is 79.9. The highest BCUT2D eigenvalue weighted by Gasteiger charge is 2.32. The summed E-state index contributed by atoms with van der Waals surface area (Å²) >= 11 is 4.47. The number of aromatic nitrogens is 1. The molecule has 1 heterocycles. The summed E-state index contributed by atoms with van der Waals surface area (Å²) in [6.45, 7) is 1.82. The third-order valence-electron chi connectivity index (χ3n) is 2.30. The van der Waals surface area contributed by atoms with Crippen molar-refractivity contribution in [1.29, 1.82) is 0 Å². The number of rotatable bonds is 3. The van der Waals surface area contributed by atoms with Crippen molar-refractivity contribution in [2.24, 2.45) is 5.10 Å². The molecule has 8 heteroatoms. The lowest BCUT2D eigenvalue weighted by atomic mass is 10.1. The SMILES string of the molecule is Cc1csc(NN=Cc2cc(Br)ccc2C(F)(F)F)n1. The summed E-state index contributed by atoms with van der Waals surface area (Å²) in [5.41, 5.74) is 2.68. The van der Waals surface area contributed by atoms with Gasteiger partial charge in [0.2, 0.25) is 5.13 Å². The van der Waals surface area contributed by atoms with Crippen LogP contribution in [0.3, 0.4) is 0 Å². The maximum absolute atomic E-state index is 12.8. The van der Waals surface area contributed by atoms with Crippen LogP contribution in [0.2, 0.25) is 0 Å². The summed E-state index contributed by atoms with van der Waals surface area (Å²) in [5.74, 6) is 0. The number of aryl methyl sites for hydroxylation is 1. The van der Waals surface area contributed by atoms with Crippen LogP contribution in [0.4, 0.5) is 18.3 Å². The Balaban J connectivity index is 2.21. The number of benzene rings is 1. The van der Waals surface area contributed by atoms with Gasteiger partial charge in [-0.2, -0.15) is 18.3 Å². The normalized spacial score (nSPS) is 12.1. The Morgan fingerprint density at radius 3 is 2.75 bits per heavy atom. The summed E-state index contributed by atoms with van der Waals surface area (Å²) in [7, 11) is 0. The van der Waals surface area contributed by atoms with Crippen LogP contribution in [0, 0.1) is 6.92 Å². The van der Waals surface area contributed by atoms with Crippen LogP contribution >= 0.6 is 27.3 Å². The van der Waals surface area contributed by atoms with E-state index >= 15 is 0 Å². The predicted molar refractivity (Wildman–Crippen MR) is 77.2 cm³/mol. The van der Waals surface area contributed by atoms with E-state index in [4.69, 9.17) is 0 Å². The van der Waals surface area contributed by atoms with Crippen LogP contribution < -0.4 is 5.43 Å². The second-order valence-corrected chi connectivity index (χ2v) is 5.67. The van der Waals surface area contributed by atoms with E-state index in [0.29, 0.717) is 9.60 Å². The molecule has 0 saturated carbocycles. The van der Waals surface area contributed by atoms with Crippen molar-refractivity contribution in [2.45, 2.75) is 13.1 Å². The average molecular weight is 364 g/mol. The molecule has 0 bridgehead atoms. The van der Waals surface area contributed by atoms with Crippen molar-refractivity contribution in [3.05, 3.63) is 44.9 Å². The fourth-order valence-corrected chi connectivity index (χ4v) is 2.48. The molecule has 0 atom stereocenters. The summed E-state index contributed by atoms with van der Waals surface area (Å²) in [4.78, 5) is 4.09. The smallest absolute Gasteiger partial charge is 0.253 e. The monoisotopic (exact) mass is 363 g/mol. The minimum Gasteiger partial charge on any atom is -0.253 e. The van der Waals surface area contributed by atoms with E-state index in [-0.39, 0.29) is 5.56 Å². The Bertz CT molecular complexity index is 637. The highest BCUT2D eigenvalue weighted by molar-refractivity contribution is 9.10. The van der Waals surface area contributed by atoms with Gasteiger partial charge < -0.3 is 0 Å². The quantitative estimate of drug-likeness (QED) is 0.634. The molecule has 20 heavy (non-hydrogen) atoms. The van der Waals surface area contributed by atoms with E-state index in [1.807, 2.05) is 12.3 Å². The third-order valence-corrected chi connectivity index (χ3v) is 3.66. The van der Waals surface area contributed by atoms with Gasteiger partial charge in [0.15, 0.2) is 0 Å². The number of halogens is 4. The molecule has 0 aliphatic carbocycles. The number of anilines is 1. The van der Waals surface area contributed by atoms with Gasteiger partial charge in [0.05, 0.1) is 17.5 Å². The van der Waals surface area contributed by atoms with Gasteiger partial charge in [0.1, 0.15) is 0 Å². The number of hydrazone groups is 1. The molecule has 0 unspecified atom stereocenters. The first-order valence-electron chi connectivity index (χ1n) is 5.44. The zero-order chi connectivity index (χ0) is 14.8. The van der Waals surface area contributed by atoms with Crippen LogP contribution in [0.1, 0.15) is 16.8 Å². The van der Waals surface area contributed by atoms with Crippen LogP contribution in [0.5, 0.6) is 0 Å². The molecular weight excluding hydrogens is 355 g/mol. The molecule has 1 aromatic carbocycles. The molecule has 0 amide bonds. The highest BCUT2D eigenvalue weighted by Crippen LogP contribution is 2.32. The molecule has 1 N–H and O–H groups in total. The largest absolute Gasteiger partial charge is 0.417 e. The lowest BCUT2D eigenvalue weighted by Gasteiger charge is -2.10. The first kappa shape index (κ1) is 15.0. The van der Waals surface area contributed by atoms with Crippen molar-refractivity contribution < 1.29 is 13.2 Å². The molecule has 0 radical (unpaired) electrons. The molecule has 0 fully saturated rings. The van der Waals surface area contributed by atoms with E-state index in [0.717, 1.165) is 18.0 Å². The Morgan fingerprint density at radius 1 is 1.40 bits per heavy atom. The van der Waals surface area contributed by atoms with Crippen molar-refractivity contribution in [3.63, 3.8) is 0 Å². The predicted octanol–water partition coefficient (Wildman–Crippen LogP) is 4.68. The van der Waals surface area contributed by atoms with Crippen LogP contribution in [-0.2, 0) is 6.18 Å². The average Bonchev–Trinajstić information content (AvgIpc) is 2.73. The minimum absolute atomic E-state index is 0.0207. The molecular formula is C12H9BrF3N3S. The van der Waals surface area contributed by atoms with Crippen LogP contribution in [0.15, 0.2) is 33.2 Å². The van der Waals surface area contributed by atoms with Gasteiger partial charge in [-0.3, -0.25) is 5.43 Å². The standard InChI is InChI=1S/C12H9BrF3N3S/c1-7-6-20-11(18-7)19-17-5-8-4-9(13)2-3-10(8)12(14,15)16/h2-6H,1H3,(H,18,19). The summed E-state index contributed by atoms with van der Waals surface area (Å²) < 4.78 is 39.0. The van der Waals surface area contributed by atoms with Crippen molar-refractivity contribution in [2.75, 3.05) is 5.43 Å². The van der Waals surface area contributed by atoms with Crippen molar-refractivity contribution in [3.8, 4) is 0 Å². The Morgan fingerprint density at radius 2 is 2.15 bits per heavy atom. The summed E-state index contributed by atoms with van der Waals surface area (Å²) in [5, 5.41) is 6.14. The first-order chi connectivity index (χ1) is 9.36. The van der Waals surface area contributed by atoms with E-state index < -0.39 is 11.7 Å². The molecule has 0 saturated heterocycles. The Labute approximate surface area is 125 Å². The lowest BCUT2D eigenvalue weighted by Crippen LogP contribution is -2.09. The lowest BCUT2D eigenvalue weighted by molar-refractivity contribution is -0.137. The van der Waals surface area contributed by atoms with Gasteiger partial charge in [-0.25, -0.2) is 4.98 Å². The Kier molecular flexibility index (Phi) is 4.44. The van der Waals surface area contributed by atoms with Gasteiger partial charge in [-0.1, -0.05) is 15.9 Å². The van der Waals surface area contributed by atoms with E-state index in [2.05, 4.69) is 31.4 Å². The number of nitrogens with one attached hydrogen (secondary N) is 1. The molecule has 0 aliphatic heterocycles. The maximum Gasteiger partial charge on any atom is 0.417 e. The zero-order valence-electron chi connectivity index (χ0n) is 10.2. The van der Waals surface area contributed by atoms with Crippen molar-refractivity contribution >= 4 is 38.6 Å². The molecule has 1 aromatic heterocycles. The van der Waals surface area contributed by atoms with E-state index in [1.165, 1.54) is 23.5 Å².